The van der Waals surface area contributed by atoms with Gasteiger partial charge in [0.1, 0.15) is 17.2 Å². The summed E-state index contributed by atoms with van der Waals surface area (Å²) < 4.78 is 18.7. The summed E-state index contributed by atoms with van der Waals surface area (Å²) in [4.78, 5) is 14.3. The summed E-state index contributed by atoms with van der Waals surface area (Å²) >= 11 is 0. The molecule has 0 N–H and O–H groups in total. The highest BCUT2D eigenvalue weighted by molar-refractivity contribution is 5.88. The second kappa shape index (κ2) is 38.3. The van der Waals surface area contributed by atoms with Gasteiger partial charge in [0.2, 0.25) is 0 Å². The minimum Gasteiger partial charge on any atom is -0.494 e. The highest BCUT2D eigenvalue weighted by atomic mass is 16.5. The fourth-order valence-corrected chi connectivity index (χ4v) is 15.0. The molecule has 576 valence electrons. The molecule has 0 aliphatic carbocycles. The molecule has 0 unspecified atom stereocenters. The summed E-state index contributed by atoms with van der Waals surface area (Å²) in [5.41, 5.74) is 29.2. The van der Waals surface area contributed by atoms with E-state index in [4.69, 9.17) is 14.2 Å². The molecule has 9 nitrogen and oxygen atoms in total. The molecule has 0 amide bonds. The van der Waals surface area contributed by atoms with Gasteiger partial charge in [-0.3, -0.25) is 0 Å². The van der Waals surface area contributed by atoms with Crippen molar-refractivity contribution in [2.75, 3.05) is 49.2 Å². The van der Waals surface area contributed by atoms with Gasteiger partial charge in [-0.25, -0.2) is 0 Å². The van der Waals surface area contributed by atoms with Crippen LogP contribution in [-0.2, 0) is 12.8 Å². The zero-order valence-corrected chi connectivity index (χ0v) is 68.3. The molecular weight excluding hydrogens is 1380 g/mol. The zero-order chi connectivity index (χ0) is 78.6. The molecule has 13 rings (SSSR count). The predicted molar refractivity (Wildman–Crippen MR) is 481 cm³/mol. The van der Waals surface area contributed by atoms with Crippen LogP contribution in [0.4, 0.5) is 102 Å². The number of aryl methyl sites for hydroxylation is 8. The van der Waals surface area contributed by atoms with Crippen LogP contribution in [0.5, 0.6) is 17.2 Å². The quantitative estimate of drug-likeness (QED) is 0.0358. The van der Waals surface area contributed by atoms with E-state index < -0.39 is 0 Å². The van der Waals surface area contributed by atoms with E-state index in [1.54, 1.807) is 0 Å². The molecule has 0 radical (unpaired) electrons. The average Bonchev–Trinajstić information content (AvgIpc) is 0.784. The maximum Gasteiger partial charge on any atom is 0.119 e. The summed E-state index contributed by atoms with van der Waals surface area (Å²) in [5, 5.41) is 0. The first kappa shape index (κ1) is 79.2. The highest BCUT2D eigenvalue weighted by Crippen LogP contribution is 2.47. The van der Waals surface area contributed by atoms with E-state index in [1.165, 1.54) is 50.2 Å². The van der Waals surface area contributed by atoms with Gasteiger partial charge in [0.05, 0.1) is 25.5 Å². The van der Waals surface area contributed by atoms with Gasteiger partial charge in [-0.2, -0.15) is 0 Å². The fourth-order valence-electron chi connectivity index (χ4n) is 15.0. The topological polar surface area (TPSA) is 47.1 Å². The van der Waals surface area contributed by atoms with Gasteiger partial charge in [0.25, 0.3) is 0 Å². The van der Waals surface area contributed by atoms with Gasteiger partial charge >= 0.3 is 0 Å². The first-order valence-electron chi connectivity index (χ1n) is 41.2. The van der Waals surface area contributed by atoms with Gasteiger partial charge in [0.15, 0.2) is 0 Å². The molecule has 9 heteroatoms. The van der Waals surface area contributed by atoms with E-state index in [2.05, 4.69) is 403 Å². The van der Waals surface area contributed by atoms with Gasteiger partial charge in [-0.15, -0.1) is 0 Å². The Kier molecular flexibility index (Phi) is 26.8. The van der Waals surface area contributed by atoms with Gasteiger partial charge in [-0.1, -0.05) is 133 Å². The van der Waals surface area contributed by atoms with E-state index in [1.807, 2.05) is 0 Å². The summed E-state index contributed by atoms with van der Waals surface area (Å²) in [6, 6.07) is 109. The molecule has 0 saturated heterocycles. The average molecular weight is 1490 g/mol. The van der Waals surface area contributed by atoms with Crippen LogP contribution in [0, 0.1) is 41.5 Å². The molecule has 113 heavy (non-hydrogen) atoms. The predicted octanol–water partition coefficient (Wildman–Crippen LogP) is 30.6. The first-order valence-corrected chi connectivity index (χ1v) is 41.2. The smallest absolute Gasteiger partial charge is 0.119 e. The Balaban J connectivity index is 0.884. The van der Waals surface area contributed by atoms with E-state index in [9.17, 15) is 0 Å². The second-order valence-electron chi connectivity index (χ2n) is 30.1. The van der Waals surface area contributed by atoms with E-state index >= 15 is 0 Å². The van der Waals surface area contributed by atoms with E-state index in [0.717, 1.165) is 191 Å². The molecule has 0 bridgehead atoms. The van der Waals surface area contributed by atoms with Crippen LogP contribution in [0.2, 0.25) is 0 Å². The van der Waals surface area contributed by atoms with Crippen molar-refractivity contribution in [3.8, 4) is 17.2 Å². The Morgan fingerprint density at radius 3 is 0.841 bits per heavy atom. The molecule has 0 atom stereocenters. The lowest BCUT2D eigenvalue weighted by molar-refractivity contribution is 0.309. The van der Waals surface area contributed by atoms with Crippen LogP contribution < -0.4 is 43.6 Å². The van der Waals surface area contributed by atoms with Crippen molar-refractivity contribution in [1.29, 1.82) is 0 Å². The number of hydrogen-bond donors (Lipinski definition) is 0. The van der Waals surface area contributed by atoms with Crippen LogP contribution in [0.1, 0.15) is 143 Å². The van der Waals surface area contributed by atoms with Crippen molar-refractivity contribution in [2.24, 2.45) is 0 Å². The molecule has 0 heterocycles. The molecule has 0 spiro atoms. The van der Waals surface area contributed by atoms with Crippen LogP contribution in [0.3, 0.4) is 0 Å². The van der Waals surface area contributed by atoms with Crippen LogP contribution >= 0.6 is 0 Å². The summed E-state index contributed by atoms with van der Waals surface area (Å²) in [6.45, 7) is 26.4. The third-order valence-electron chi connectivity index (χ3n) is 21.2. The fraction of sp³-hybridized carbons (Fsp3) is 0.250. The third-order valence-corrected chi connectivity index (χ3v) is 21.2. The van der Waals surface area contributed by atoms with Gasteiger partial charge in [-0.05, 0) is 362 Å². The van der Waals surface area contributed by atoms with E-state index in [-0.39, 0.29) is 0 Å². The molecule has 0 aliphatic heterocycles. The standard InChI is InChI=1S/C104H112N6O3/c1-12-17-27-82-73-83(28-18-13-2)75-99(74-82)108(90-48-50-94(51-49-90)109(103-72-78(8)30-33-79(103)9)95-52-54-97(55-53-95)110(96-34-31-76(6)32-35-96)104-80(10)25-23-26-81(104)11)89-46-42-87(43-47-89)106(92-58-64-101(65-59-92)112-69-20-15-4)85-38-36-84(37-39-85)105(91-56-62-100(63-57-91)111-68-19-14-3)86-40-44-88(45-41-86)107(98-29-22-24-77(7)71-98)93-60-66-102(67-61-93)113-70-21-16-5/h22-26,29-67,71-75H,12-21,27-28,68-70H2,1-11H3. The second-order valence-corrected chi connectivity index (χ2v) is 30.1. The lowest BCUT2D eigenvalue weighted by Crippen LogP contribution is -2.15. The number of hydrogen-bond acceptors (Lipinski definition) is 9. The summed E-state index contributed by atoms with van der Waals surface area (Å²) in [5.74, 6) is 2.59. The maximum absolute atomic E-state index is 6.30. The number of unbranched alkanes of at least 4 members (excludes halogenated alkanes) is 5. The third kappa shape index (κ3) is 19.5. The number of ether oxygens (including phenoxy) is 3. The van der Waals surface area contributed by atoms with Crippen LogP contribution in [0.15, 0.2) is 297 Å². The maximum atomic E-state index is 6.30. The molecule has 13 aromatic rings. The lowest BCUT2D eigenvalue weighted by Gasteiger charge is -2.31. The molecule has 0 saturated carbocycles. The molecule has 0 aliphatic rings. The number of nitrogens with zero attached hydrogens (tertiary/aromatic N) is 6. The van der Waals surface area contributed by atoms with Crippen molar-refractivity contribution in [2.45, 2.75) is 153 Å². The van der Waals surface area contributed by atoms with Crippen molar-refractivity contribution >= 4 is 102 Å². The van der Waals surface area contributed by atoms with Crippen molar-refractivity contribution < 1.29 is 14.2 Å². The van der Waals surface area contributed by atoms with Gasteiger partial charge < -0.3 is 43.6 Å². The molecule has 0 aromatic heterocycles. The van der Waals surface area contributed by atoms with E-state index in [0.29, 0.717) is 19.8 Å². The van der Waals surface area contributed by atoms with Crippen LogP contribution in [-0.4, -0.2) is 19.8 Å². The number of rotatable bonds is 36. The minimum atomic E-state index is 0.674. The lowest BCUT2D eigenvalue weighted by atomic mass is 10.00. The number of anilines is 18. The van der Waals surface area contributed by atoms with Crippen molar-refractivity contribution in [3.63, 3.8) is 0 Å². The SMILES string of the molecule is CCCCOc1ccc(N(c2ccc(N(c3ccc(OCCCC)cc3)c3ccc(N(c4ccc(N(c5ccc(N(c6ccc(C)cc6)c6c(C)cccc6C)cc5)c5cc(C)ccc5C)cc4)c4cc(CCCC)cc(CCCC)c4)cc3)cc2)c2ccc(N(c3ccc(OCCCC)cc3)c3cccc(C)c3)cc2)cc1. The number of benzene rings is 13. The Morgan fingerprint density at radius 2 is 0.496 bits per heavy atom. The number of para-hydroxylation sites is 1. The molecule has 0 fully saturated rings. The molecular formula is C104H112N6O3. The Hall–Kier alpha value is -11.9. The van der Waals surface area contributed by atoms with Gasteiger partial charge in [0, 0.05) is 96.7 Å². The van der Waals surface area contributed by atoms with Crippen molar-refractivity contribution in [3.05, 3.63) is 342 Å². The zero-order valence-electron chi connectivity index (χ0n) is 68.3. The first-order chi connectivity index (χ1) is 55.3. The Bertz CT molecular complexity index is 5110. The Labute approximate surface area is 674 Å². The van der Waals surface area contributed by atoms with Crippen LogP contribution in [0.25, 0.3) is 0 Å². The van der Waals surface area contributed by atoms with Crippen molar-refractivity contribution in [1.82, 2.24) is 0 Å². The summed E-state index contributed by atoms with van der Waals surface area (Å²) in [7, 11) is 0. The normalized spacial score (nSPS) is 11.1. The molecule has 13 aromatic carbocycles. The highest BCUT2D eigenvalue weighted by Gasteiger charge is 2.25. The summed E-state index contributed by atoms with van der Waals surface area (Å²) in [6.07, 6.45) is 12.8. The largest absolute Gasteiger partial charge is 0.494 e. The monoisotopic (exact) mass is 1490 g/mol. The minimum absolute atomic E-state index is 0.674. The Morgan fingerprint density at radius 1 is 0.212 bits per heavy atom.